The molecule has 0 radical (unpaired) electrons. The van der Waals surface area contributed by atoms with Gasteiger partial charge >= 0.3 is 5.97 Å². The number of anilines is 1. The number of nitrogens with one attached hydrogen (secondary N) is 2. The van der Waals surface area contributed by atoms with Gasteiger partial charge in [-0.05, 0) is 0 Å². The van der Waals surface area contributed by atoms with Gasteiger partial charge in [0.25, 0.3) is 0 Å². The third-order valence-corrected chi connectivity index (χ3v) is 2.61. The van der Waals surface area contributed by atoms with Gasteiger partial charge in [-0.1, -0.05) is 0 Å². The van der Waals surface area contributed by atoms with Gasteiger partial charge in [0.2, 0.25) is 12.7 Å². The number of H-pyrrole nitrogens is 1. The molecule has 3 rings (SSSR count). The Morgan fingerprint density at radius 2 is 2.22 bits per heavy atom. The first kappa shape index (κ1) is 10.7. The van der Waals surface area contributed by atoms with Crippen LogP contribution in [0.25, 0.3) is 11.0 Å². The Labute approximate surface area is 102 Å². The maximum atomic E-state index is 10.4. The molecule has 0 atom stereocenters. The largest absolute Gasteiger partial charge is 0.481 e. The maximum Gasteiger partial charge on any atom is 0.305 e. The number of hydrogen-bond acceptors (Lipinski definition) is 5. The Morgan fingerprint density at radius 1 is 1.44 bits per heavy atom. The fourth-order valence-corrected chi connectivity index (χ4v) is 1.77. The van der Waals surface area contributed by atoms with E-state index in [1.807, 2.05) is 6.07 Å². The summed E-state index contributed by atoms with van der Waals surface area (Å²) >= 11 is 0. The van der Waals surface area contributed by atoms with Crippen molar-refractivity contribution in [1.82, 2.24) is 9.97 Å². The molecule has 1 aliphatic rings. The molecule has 7 nitrogen and oxygen atoms in total. The number of hydrogen-bond donors (Lipinski definition) is 3. The van der Waals surface area contributed by atoms with Crippen LogP contribution in [0.2, 0.25) is 0 Å². The van der Waals surface area contributed by atoms with E-state index < -0.39 is 5.97 Å². The number of rotatable bonds is 4. The number of fused-ring (bicyclic) bond motifs is 2. The SMILES string of the molecule is O=C(O)CCNc1nc2cc3c(cc2[nH]1)OCO3. The summed E-state index contributed by atoms with van der Waals surface area (Å²) in [5.41, 5.74) is 1.56. The molecule has 0 amide bonds. The molecule has 2 heterocycles. The number of aromatic nitrogens is 2. The van der Waals surface area contributed by atoms with E-state index in [0.29, 0.717) is 24.0 Å². The zero-order valence-electron chi connectivity index (χ0n) is 9.40. The van der Waals surface area contributed by atoms with Gasteiger partial charge in [0, 0.05) is 18.7 Å². The Kier molecular flexibility index (Phi) is 2.44. The Morgan fingerprint density at radius 3 is 3.00 bits per heavy atom. The summed E-state index contributed by atoms with van der Waals surface area (Å²) in [4.78, 5) is 17.7. The van der Waals surface area contributed by atoms with E-state index in [9.17, 15) is 4.79 Å². The molecular formula is C11H11N3O4. The topological polar surface area (TPSA) is 96.5 Å². The molecule has 3 N–H and O–H groups in total. The highest BCUT2D eigenvalue weighted by Crippen LogP contribution is 2.35. The predicted octanol–water partition coefficient (Wildman–Crippen LogP) is 1.18. The van der Waals surface area contributed by atoms with Crippen LogP contribution in [0.5, 0.6) is 11.5 Å². The molecule has 1 aliphatic heterocycles. The van der Waals surface area contributed by atoms with Gasteiger partial charge in [-0.3, -0.25) is 4.79 Å². The van der Waals surface area contributed by atoms with Crippen molar-refractivity contribution in [1.29, 1.82) is 0 Å². The molecule has 0 spiro atoms. The number of imidazole rings is 1. The van der Waals surface area contributed by atoms with E-state index in [0.717, 1.165) is 11.0 Å². The van der Waals surface area contributed by atoms with Crippen molar-refractivity contribution < 1.29 is 19.4 Å². The van der Waals surface area contributed by atoms with E-state index in [4.69, 9.17) is 14.6 Å². The number of carbonyl (C=O) groups is 1. The average molecular weight is 249 g/mol. The molecule has 1 aromatic carbocycles. The molecule has 0 saturated carbocycles. The van der Waals surface area contributed by atoms with Gasteiger partial charge in [-0.15, -0.1) is 0 Å². The van der Waals surface area contributed by atoms with Gasteiger partial charge in [0.1, 0.15) is 0 Å². The second kappa shape index (κ2) is 4.10. The van der Waals surface area contributed by atoms with Crippen molar-refractivity contribution in [2.24, 2.45) is 0 Å². The van der Waals surface area contributed by atoms with Crippen molar-refractivity contribution in [3.8, 4) is 11.5 Å². The van der Waals surface area contributed by atoms with Crippen LogP contribution in [0.3, 0.4) is 0 Å². The fraction of sp³-hybridized carbons (Fsp3) is 0.273. The van der Waals surface area contributed by atoms with E-state index >= 15 is 0 Å². The minimum atomic E-state index is -0.848. The van der Waals surface area contributed by atoms with Crippen molar-refractivity contribution >= 4 is 23.0 Å². The summed E-state index contributed by atoms with van der Waals surface area (Å²) in [6.45, 7) is 0.549. The van der Waals surface area contributed by atoms with E-state index in [2.05, 4.69) is 15.3 Å². The van der Waals surface area contributed by atoms with Crippen LogP contribution in [-0.2, 0) is 4.79 Å². The lowest BCUT2D eigenvalue weighted by atomic mass is 10.3. The highest BCUT2D eigenvalue weighted by Gasteiger charge is 2.16. The minimum absolute atomic E-state index is 0.0414. The lowest BCUT2D eigenvalue weighted by molar-refractivity contribution is -0.136. The first-order valence-electron chi connectivity index (χ1n) is 5.47. The molecule has 0 saturated heterocycles. The van der Waals surface area contributed by atoms with Crippen molar-refractivity contribution in [2.45, 2.75) is 6.42 Å². The van der Waals surface area contributed by atoms with Crippen LogP contribution >= 0.6 is 0 Å². The quantitative estimate of drug-likeness (QED) is 0.752. The highest BCUT2D eigenvalue weighted by atomic mass is 16.7. The van der Waals surface area contributed by atoms with Gasteiger partial charge in [0.05, 0.1) is 17.5 Å². The van der Waals surface area contributed by atoms with Crippen LogP contribution in [0.15, 0.2) is 12.1 Å². The molecule has 0 fully saturated rings. The van der Waals surface area contributed by atoms with Crippen LogP contribution in [0.1, 0.15) is 6.42 Å². The Balaban J connectivity index is 1.81. The minimum Gasteiger partial charge on any atom is -0.481 e. The summed E-state index contributed by atoms with van der Waals surface area (Å²) in [7, 11) is 0. The zero-order valence-corrected chi connectivity index (χ0v) is 9.40. The summed E-state index contributed by atoms with van der Waals surface area (Å²) in [5.74, 6) is 1.05. The molecule has 1 aromatic heterocycles. The number of carboxylic acids is 1. The summed E-state index contributed by atoms with van der Waals surface area (Å²) < 4.78 is 10.5. The molecule has 18 heavy (non-hydrogen) atoms. The fourth-order valence-electron chi connectivity index (χ4n) is 1.77. The summed E-state index contributed by atoms with van der Waals surface area (Å²) in [6, 6.07) is 3.60. The lowest BCUT2D eigenvalue weighted by Gasteiger charge is -1.98. The summed E-state index contributed by atoms with van der Waals surface area (Å²) in [6.07, 6.45) is 0.0414. The van der Waals surface area contributed by atoms with Crippen LogP contribution in [0.4, 0.5) is 5.95 Å². The molecule has 94 valence electrons. The predicted molar refractivity (Wildman–Crippen MR) is 63.0 cm³/mol. The van der Waals surface area contributed by atoms with E-state index in [1.165, 1.54) is 0 Å². The van der Waals surface area contributed by atoms with Gasteiger partial charge in [0.15, 0.2) is 11.5 Å². The monoisotopic (exact) mass is 249 g/mol. The molecule has 0 aliphatic carbocycles. The molecule has 0 bridgehead atoms. The van der Waals surface area contributed by atoms with E-state index in [1.54, 1.807) is 6.07 Å². The van der Waals surface area contributed by atoms with Crippen LogP contribution in [-0.4, -0.2) is 34.4 Å². The summed E-state index contributed by atoms with van der Waals surface area (Å²) in [5, 5.41) is 11.5. The second-order valence-electron chi connectivity index (χ2n) is 3.88. The number of carboxylic acid groups (broad SMARTS) is 1. The molecular weight excluding hydrogens is 238 g/mol. The molecule has 7 heteroatoms. The van der Waals surface area contributed by atoms with Crippen LogP contribution in [0, 0.1) is 0 Å². The Bertz CT molecular complexity index is 567. The van der Waals surface area contributed by atoms with E-state index in [-0.39, 0.29) is 13.2 Å². The third-order valence-electron chi connectivity index (χ3n) is 2.61. The van der Waals surface area contributed by atoms with Gasteiger partial charge in [-0.25, -0.2) is 4.98 Å². The number of ether oxygens (including phenoxy) is 2. The number of aliphatic carboxylic acids is 1. The third kappa shape index (κ3) is 1.90. The van der Waals surface area contributed by atoms with Crippen LogP contribution < -0.4 is 14.8 Å². The van der Waals surface area contributed by atoms with Crippen molar-refractivity contribution in [3.05, 3.63) is 12.1 Å². The normalized spacial score (nSPS) is 12.9. The first-order valence-corrected chi connectivity index (χ1v) is 5.47. The number of benzene rings is 1. The van der Waals surface area contributed by atoms with Crippen molar-refractivity contribution in [3.63, 3.8) is 0 Å². The lowest BCUT2D eigenvalue weighted by Crippen LogP contribution is -2.08. The average Bonchev–Trinajstić information content (AvgIpc) is 2.89. The highest BCUT2D eigenvalue weighted by molar-refractivity contribution is 5.82. The Hall–Kier alpha value is -2.44. The molecule has 0 unspecified atom stereocenters. The zero-order chi connectivity index (χ0) is 12.5. The first-order chi connectivity index (χ1) is 8.72. The smallest absolute Gasteiger partial charge is 0.305 e. The second-order valence-corrected chi connectivity index (χ2v) is 3.88. The number of aromatic amines is 1. The standard InChI is InChI=1S/C11H11N3O4/c15-10(16)1-2-12-11-13-6-3-8-9(18-5-17-8)4-7(6)14-11/h3-4H,1-2,5H2,(H,15,16)(H2,12,13,14). The van der Waals surface area contributed by atoms with Crippen molar-refractivity contribution in [2.75, 3.05) is 18.7 Å². The van der Waals surface area contributed by atoms with Gasteiger partial charge < -0.3 is 24.9 Å². The number of nitrogens with zero attached hydrogens (tertiary/aromatic N) is 1. The maximum absolute atomic E-state index is 10.4. The molecule has 2 aromatic rings. The van der Waals surface area contributed by atoms with Gasteiger partial charge in [-0.2, -0.15) is 0 Å².